The lowest BCUT2D eigenvalue weighted by molar-refractivity contribution is 0.114. The van der Waals surface area contributed by atoms with E-state index in [9.17, 15) is 0 Å². The van der Waals surface area contributed by atoms with Gasteiger partial charge in [0.25, 0.3) is 0 Å². The second-order valence-electron chi connectivity index (χ2n) is 6.94. The van der Waals surface area contributed by atoms with Crippen LogP contribution in [-0.2, 0) is 6.61 Å². The molecule has 1 heterocycles. The van der Waals surface area contributed by atoms with E-state index in [1.165, 1.54) is 16.7 Å². The van der Waals surface area contributed by atoms with Crippen LogP contribution in [0.1, 0.15) is 22.7 Å². The Hall–Kier alpha value is -1.88. The van der Waals surface area contributed by atoms with Gasteiger partial charge in [-0.15, -0.1) is 0 Å². The molecule has 0 aliphatic carbocycles. The molecule has 3 rings (SSSR count). The third-order valence-electron chi connectivity index (χ3n) is 4.97. The summed E-state index contributed by atoms with van der Waals surface area (Å²) in [6, 6.07) is 17.1. The van der Waals surface area contributed by atoms with E-state index in [0.29, 0.717) is 13.2 Å². The molecule has 0 aromatic heterocycles. The van der Waals surface area contributed by atoms with Gasteiger partial charge in [-0.25, -0.2) is 0 Å². The highest BCUT2D eigenvalue weighted by molar-refractivity contribution is 5.31. The first-order valence-corrected chi connectivity index (χ1v) is 9.06. The molecule has 0 saturated carbocycles. The summed E-state index contributed by atoms with van der Waals surface area (Å²) in [6.45, 7) is 7.63. The number of hydrogen-bond acceptors (Lipinski definition) is 4. The minimum Gasteiger partial charge on any atom is -0.489 e. The number of piperazine rings is 1. The molecular weight excluding hydrogens is 310 g/mol. The fraction of sp³-hybridized carbons (Fsp3) is 0.429. The normalized spacial score (nSPS) is 17.4. The molecule has 25 heavy (non-hydrogen) atoms. The largest absolute Gasteiger partial charge is 0.489 e. The van der Waals surface area contributed by atoms with Gasteiger partial charge in [0.2, 0.25) is 0 Å². The van der Waals surface area contributed by atoms with Gasteiger partial charge in [-0.2, -0.15) is 0 Å². The summed E-state index contributed by atoms with van der Waals surface area (Å²) >= 11 is 0. The molecule has 0 amide bonds. The zero-order valence-corrected chi connectivity index (χ0v) is 15.3. The molecule has 1 saturated heterocycles. The smallest absolute Gasteiger partial charge is 0.120 e. The summed E-state index contributed by atoms with van der Waals surface area (Å²) in [5.74, 6) is 0.908. The number of likely N-dealkylation sites (N-methyl/N-ethyl adjacent to an activating group) is 1. The number of benzene rings is 2. The molecule has 2 N–H and O–H groups in total. The summed E-state index contributed by atoms with van der Waals surface area (Å²) in [4.78, 5) is 4.85. The Bertz CT molecular complexity index is 663. The van der Waals surface area contributed by atoms with E-state index in [4.69, 9.17) is 10.5 Å². The van der Waals surface area contributed by atoms with Crippen LogP contribution in [0.15, 0.2) is 48.5 Å². The van der Waals surface area contributed by atoms with Gasteiger partial charge in [0.05, 0.1) is 0 Å². The minimum atomic E-state index is 0.261. The van der Waals surface area contributed by atoms with Gasteiger partial charge in [-0.3, -0.25) is 4.90 Å². The summed E-state index contributed by atoms with van der Waals surface area (Å²) in [6.07, 6.45) is 0. The molecule has 1 aliphatic heterocycles. The molecule has 134 valence electrons. The van der Waals surface area contributed by atoms with Crippen LogP contribution in [0.3, 0.4) is 0 Å². The average molecular weight is 339 g/mol. The molecule has 2 aromatic carbocycles. The lowest BCUT2D eigenvalue weighted by atomic mass is 10.0. The standard InChI is InChI=1S/C21H29N3O/c1-17-6-8-18(9-7-17)16-25-20-5-3-4-19(14-20)21(15-22)24-12-10-23(2)11-13-24/h3-9,14,21H,10-13,15-16,22H2,1-2H3. The van der Waals surface area contributed by atoms with Crippen molar-refractivity contribution in [3.63, 3.8) is 0 Å². The number of rotatable bonds is 6. The first kappa shape index (κ1) is 17.9. The third kappa shape index (κ3) is 4.82. The topological polar surface area (TPSA) is 41.7 Å². The predicted molar refractivity (Wildman–Crippen MR) is 103 cm³/mol. The molecule has 1 fully saturated rings. The molecule has 2 aromatic rings. The Morgan fingerprint density at radius 3 is 2.44 bits per heavy atom. The zero-order chi connectivity index (χ0) is 17.6. The minimum absolute atomic E-state index is 0.261. The molecule has 0 bridgehead atoms. The highest BCUT2D eigenvalue weighted by atomic mass is 16.5. The van der Waals surface area contributed by atoms with Crippen LogP contribution in [0.5, 0.6) is 5.75 Å². The number of nitrogens with two attached hydrogens (primary N) is 1. The van der Waals surface area contributed by atoms with Crippen molar-refractivity contribution < 1.29 is 4.74 Å². The summed E-state index contributed by atoms with van der Waals surface area (Å²) in [7, 11) is 2.17. The van der Waals surface area contributed by atoms with Crippen LogP contribution in [0, 0.1) is 6.92 Å². The SMILES string of the molecule is Cc1ccc(COc2cccc(C(CN)N3CCN(C)CC3)c2)cc1. The van der Waals surface area contributed by atoms with Crippen LogP contribution in [0.2, 0.25) is 0 Å². The predicted octanol–water partition coefficient (Wildman–Crippen LogP) is 2.82. The second-order valence-corrected chi connectivity index (χ2v) is 6.94. The van der Waals surface area contributed by atoms with Crippen molar-refractivity contribution >= 4 is 0 Å². The van der Waals surface area contributed by atoms with Gasteiger partial charge in [0.15, 0.2) is 0 Å². The van der Waals surface area contributed by atoms with Crippen molar-refractivity contribution in [2.24, 2.45) is 5.73 Å². The van der Waals surface area contributed by atoms with Crippen molar-refractivity contribution in [1.29, 1.82) is 0 Å². The second kappa shape index (κ2) is 8.48. The summed E-state index contributed by atoms with van der Waals surface area (Å²) in [5.41, 5.74) is 9.80. The lowest BCUT2D eigenvalue weighted by Crippen LogP contribution is -2.47. The van der Waals surface area contributed by atoms with Crippen LogP contribution in [-0.4, -0.2) is 49.6 Å². The van der Waals surface area contributed by atoms with Crippen molar-refractivity contribution in [2.75, 3.05) is 39.8 Å². The van der Waals surface area contributed by atoms with Crippen molar-refractivity contribution in [2.45, 2.75) is 19.6 Å². The molecule has 1 aliphatic rings. The van der Waals surface area contributed by atoms with Gasteiger partial charge in [-0.1, -0.05) is 42.0 Å². The van der Waals surface area contributed by atoms with Crippen LogP contribution in [0.4, 0.5) is 0 Å². The average Bonchev–Trinajstić information content (AvgIpc) is 2.64. The monoisotopic (exact) mass is 339 g/mol. The summed E-state index contributed by atoms with van der Waals surface area (Å²) < 4.78 is 6.00. The maximum atomic E-state index is 6.10. The fourth-order valence-corrected chi connectivity index (χ4v) is 3.29. The van der Waals surface area contributed by atoms with Crippen LogP contribution in [0.25, 0.3) is 0 Å². The Labute approximate surface area is 151 Å². The van der Waals surface area contributed by atoms with Gasteiger partial charge in [0.1, 0.15) is 12.4 Å². The van der Waals surface area contributed by atoms with Gasteiger partial charge >= 0.3 is 0 Å². The van der Waals surface area contributed by atoms with E-state index < -0.39 is 0 Å². The molecular formula is C21H29N3O. The van der Waals surface area contributed by atoms with Crippen LogP contribution < -0.4 is 10.5 Å². The molecule has 4 nitrogen and oxygen atoms in total. The van der Waals surface area contributed by atoms with E-state index in [-0.39, 0.29) is 6.04 Å². The molecule has 1 atom stereocenters. The number of nitrogens with zero attached hydrogens (tertiary/aromatic N) is 2. The quantitative estimate of drug-likeness (QED) is 0.879. The highest BCUT2D eigenvalue weighted by Gasteiger charge is 2.23. The first-order chi connectivity index (χ1) is 12.2. The number of ether oxygens (including phenoxy) is 1. The van der Waals surface area contributed by atoms with E-state index in [1.54, 1.807) is 0 Å². The van der Waals surface area contributed by atoms with Crippen molar-refractivity contribution in [1.82, 2.24) is 9.80 Å². The lowest BCUT2D eigenvalue weighted by Gasteiger charge is -2.37. The molecule has 1 unspecified atom stereocenters. The Kier molecular flexibility index (Phi) is 6.08. The van der Waals surface area contributed by atoms with E-state index in [2.05, 4.69) is 66.2 Å². The Morgan fingerprint density at radius 1 is 1.04 bits per heavy atom. The maximum Gasteiger partial charge on any atom is 0.120 e. The van der Waals surface area contributed by atoms with Crippen molar-refractivity contribution in [3.8, 4) is 5.75 Å². The first-order valence-electron chi connectivity index (χ1n) is 9.06. The molecule has 0 spiro atoms. The Balaban J connectivity index is 1.66. The molecule has 0 radical (unpaired) electrons. The van der Waals surface area contributed by atoms with Gasteiger partial charge < -0.3 is 15.4 Å². The van der Waals surface area contributed by atoms with Crippen LogP contribution >= 0.6 is 0 Å². The molecule has 4 heteroatoms. The van der Waals surface area contributed by atoms with Gasteiger partial charge in [0, 0.05) is 38.8 Å². The Morgan fingerprint density at radius 2 is 1.76 bits per heavy atom. The van der Waals surface area contributed by atoms with Gasteiger partial charge in [-0.05, 0) is 37.2 Å². The fourth-order valence-electron chi connectivity index (χ4n) is 3.29. The highest BCUT2D eigenvalue weighted by Crippen LogP contribution is 2.25. The number of aryl methyl sites for hydroxylation is 1. The van der Waals surface area contributed by atoms with E-state index >= 15 is 0 Å². The third-order valence-corrected chi connectivity index (χ3v) is 4.97. The zero-order valence-electron chi connectivity index (χ0n) is 15.3. The van der Waals surface area contributed by atoms with Crippen molar-refractivity contribution in [3.05, 3.63) is 65.2 Å². The summed E-state index contributed by atoms with van der Waals surface area (Å²) in [5, 5.41) is 0. The number of hydrogen-bond donors (Lipinski definition) is 1. The van der Waals surface area contributed by atoms with E-state index in [0.717, 1.165) is 31.9 Å². The maximum absolute atomic E-state index is 6.10. The van der Waals surface area contributed by atoms with E-state index in [1.807, 2.05) is 6.07 Å².